The van der Waals surface area contributed by atoms with E-state index in [0.29, 0.717) is 18.5 Å². The van der Waals surface area contributed by atoms with E-state index >= 15 is 17.6 Å². The number of amides is 2. The van der Waals surface area contributed by atoms with Crippen LogP contribution in [0.4, 0.5) is 22.4 Å². The lowest BCUT2D eigenvalue weighted by Gasteiger charge is -2.35. The average molecular weight is 665 g/mol. The van der Waals surface area contributed by atoms with Gasteiger partial charge in [-0.1, -0.05) is 27.7 Å². The van der Waals surface area contributed by atoms with Crippen LogP contribution in [-0.2, 0) is 20.2 Å². The molecule has 2 bridgehead atoms. The Hall–Kier alpha value is -3.71. The number of aromatic nitrogens is 2. The Labute approximate surface area is 269 Å². The molecule has 2 amide bonds. The molecule has 2 aliphatic heterocycles. The molecule has 2 aromatic rings. The molecular weight excluding hydrogens is 624 g/mol. The summed E-state index contributed by atoms with van der Waals surface area (Å²) in [6.07, 6.45) is -1.81. The van der Waals surface area contributed by atoms with Crippen molar-refractivity contribution in [2.75, 3.05) is 13.7 Å². The molecule has 1 aromatic carbocycles. The predicted molar refractivity (Wildman–Crippen MR) is 160 cm³/mol. The molecule has 3 fully saturated rings. The number of nitrogens with zero attached hydrogens (tertiary/aromatic N) is 3. The van der Waals surface area contributed by atoms with Crippen LogP contribution in [0.3, 0.4) is 0 Å². The number of rotatable bonds is 2. The Balaban J connectivity index is 1.44. The second-order valence-electron chi connectivity index (χ2n) is 14.5. The lowest BCUT2D eigenvalue weighted by Crippen LogP contribution is -2.56. The second kappa shape index (κ2) is 11.8. The standard InChI is InChI=1S/C33H40F4N4O6/c1-16-23(15-42)41-14-25(16)46-28-26(38-21-9-8-18(45-5)13-22(21)39-28)33(36,37)32(34,35)10-6-7-19-20-11-17(20)12-24(19)47-30(44)40-27(29(41)43)31(2,3)4/h8-9,13,15-17,19-20,23-25,27H,6-7,10-12,14H2,1-5H3,(H,40,44)/t16-,17?,19+,20?,23+,24+,25-,27+/m0/s1. The molecular formula is C33H40F4N4O6. The highest BCUT2D eigenvalue weighted by Crippen LogP contribution is 2.58. The van der Waals surface area contributed by atoms with Crippen molar-refractivity contribution in [3.8, 4) is 11.6 Å². The first-order valence-corrected chi connectivity index (χ1v) is 16.1. The van der Waals surface area contributed by atoms with Crippen LogP contribution in [0.1, 0.15) is 65.5 Å². The molecule has 256 valence electrons. The van der Waals surface area contributed by atoms with E-state index in [-0.39, 0.29) is 48.2 Å². The summed E-state index contributed by atoms with van der Waals surface area (Å²) in [5.41, 5.74) is -2.14. The summed E-state index contributed by atoms with van der Waals surface area (Å²) in [6, 6.07) is 2.03. The summed E-state index contributed by atoms with van der Waals surface area (Å²) in [6.45, 7) is 6.59. The molecule has 0 spiro atoms. The van der Waals surface area contributed by atoms with E-state index in [0.717, 1.165) is 6.42 Å². The molecule has 1 saturated heterocycles. The maximum absolute atomic E-state index is 16.1. The zero-order valence-electron chi connectivity index (χ0n) is 27.0. The van der Waals surface area contributed by atoms with Gasteiger partial charge in [-0.3, -0.25) is 4.79 Å². The highest BCUT2D eigenvalue weighted by molar-refractivity contribution is 5.89. The number of alkyl carbamates (subject to hydrolysis) is 1. The highest BCUT2D eigenvalue weighted by Gasteiger charge is 2.61. The Kier molecular flexibility index (Phi) is 8.31. The Bertz CT molecular complexity index is 1570. The van der Waals surface area contributed by atoms with Crippen molar-refractivity contribution in [1.82, 2.24) is 20.2 Å². The van der Waals surface area contributed by atoms with Gasteiger partial charge in [-0.25, -0.2) is 14.8 Å². The van der Waals surface area contributed by atoms with Crippen LogP contribution in [0.5, 0.6) is 11.6 Å². The van der Waals surface area contributed by atoms with E-state index in [1.807, 2.05) is 0 Å². The van der Waals surface area contributed by atoms with Gasteiger partial charge in [-0.05, 0) is 61.0 Å². The SMILES string of the molecule is COc1ccc2nc3c(nc2c1)O[C@H]1CN(C(=O)[C@H](C(C)(C)C)NC(=O)O[C@@H]2CC4CC4[C@H]2CCCC(F)(F)C3(F)F)[C@H](C=O)[C@@H]1C. The highest BCUT2D eigenvalue weighted by atomic mass is 19.3. The summed E-state index contributed by atoms with van der Waals surface area (Å²) < 4.78 is 80.3. The topological polar surface area (TPSA) is 120 Å². The van der Waals surface area contributed by atoms with Crippen LogP contribution in [0.15, 0.2) is 18.2 Å². The van der Waals surface area contributed by atoms with Crippen molar-refractivity contribution in [2.45, 2.75) is 95.9 Å². The molecule has 2 saturated carbocycles. The summed E-state index contributed by atoms with van der Waals surface area (Å²) in [7, 11) is 1.40. The largest absolute Gasteiger partial charge is 0.497 e. The van der Waals surface area contributed by atoms with Gasteiger partial charge < -0.3 is 29.2 Å². The number of halogens is 4. The van der Waals surface area contributed by atoms with Gasteiger partial charge in [-0.2, -0.15) is 17.6 Å². The lowest BCUT2D eigenvalue weighted by molar-refractivity contribution is -0.223. The van der Waals surface area contributed by atoms with Crippen molar-refractivity contribution in [2.24, 2.45) is 29.1 Å². The second-order valence-corrected chi connectivity index (χ2v) is 14.5. The van der Waals surface area contributed by atoms with Crippen molar-refractivity contribution < 1.29 is 46.2 Å². The minimum absolute atomic E-state index is 0.0663. The van der Waals surface area contributed by atoms with Crippen molar-refractivity contribution in [1.29, 1.82) is 0 Å². The summed E-state index contributed by atoms with van der Waals surface area (Å²) in [4.78, 5) is 49.0. The van der Waals surface area contributed by atoms with Crippen molar-refractivity contribution in [3.05, 3.63) is 23.9 Å². The molecule has 8 atom stereocenters. The molecule has 6 rings (SSSR count). The van der Waals surface area contributed by atoms with Crippen molar-refractivity contribution >= 4 is 29.3 Å². The fraction of sp³-hybridized carbons (Fsp3) is 0.667. The van der Waals surface area contributed by atoms with Crippen LogP contribution in [0, 0.1) is 29.1 Å². The summed E-state index contributed by atoms with van der Waals surface area (Å²) >= 11 is 0. The number of nitrogens with one attached hydrogen (secondary N) is 1. The van der Waals surface area contributed by atoms with Crippen LogP contribution < -0.4 is 14.8 Å². The molecule has 2 unspecified atom stereocenters. The predicted octanol–water partition coefficient (Wildman–Crippen LogP) is 5.51. The number of fused-ring (bicyclic) bond motifs is 7. The Morgan fingerprint density at radius 1 is 1.04 bits per heavy atom. The molecule has 1 N–H and O–H groups in total. The van der Waals surface area contributed by atoms with Gasteiger partial charge in [0.05, 0.1) is 30.7 Å². The number of methoxy groups -OCH3 is 1. The Morgan fingerprint density at radius 2 is 1.79 bits per heavy atom. The smallest absolute Gasteiger partial charge is 0.408 e. The van der Waals surface area contributed by atoms with Gasteiger partial charge in [0, 0.05) is 18.4 Å². The van der Waals surface area contributed by atoms with Crippen LogP contribution >= 0.6 is 0 Å². The number of carbonyl (C=O) groups is 3. The minimum Gasteiger partial charge on any atom is -0.497 e. The first-order valence-electron chi connectivity index (χ1n) is 16.1. The first-order chi connectivity index (χ1) is 22.1. The molecule has 4 aliphatic rings. The number of aldehydes is 1. The fourth-order valence-electron chi connectivity index (χ4n) is 7.48. The molecule has 2 aliphatic carbocycles. The van der Waals surface area contributed by atoms with Gasteiger partial charge in [0.25, 0.3) is 0 Å². The van der Waals surface area contributed by atoms with E-state index in [9.17, 15) is 14.4 Å². The number of benzene rings is 1. The van der Waals surface area contributed by atoms with E-state index in [2.05, 4.69) is 15.3 Å². The number of carbonyl (C=O) groups excluding carboxylic acids is 3. The van der Waals surface area contributed by atoms with Gasteiger partial charge in [0.15, 0.2) is 5.69 Å². The third-order valence-corrected chi connectivity index (χ3v) is 10.3. The minimum atomic E-state index is -4.79. The Morgan fingerprint density at radius 3 is 2.47 bits per heavy atom. The summed E-state index contributed by atoms with van der Waals surface area (Å²) in [5.74, 6) is -11.0. The van der Waals surface area contributed by atoms with Gasteiger partial charge in [0.2, 0.25) is 11.8 Å². The van der Waals surface area contributed by atoms with Crippen LogP contribution in [-0.4, -0.2) is 77.0 Å². The normalized spacial score (nSPS) is 33.7. The number of hydrogen-bond acceptors (Lipinski definition) is 8. The quantitative estimate of drug-likeness (QED) is 0.330. The molecule has 3 heterocycles. The monoisotopic (exact) mass is 664 g/mol. The van der Waals surface area contributed by atoms with Gasteiger partial charge in [-0.15, -0.1) is 0 Å². The van der Waals surface area contributed by atoms with E-state index in [4.69, 9.17) is 14.2 Å². The molecule has 47 heavy (non-hydrogen) atoms. The number of hydrogen-bond donors (Lipinski definition) is 1. The maximum Gasteiger partial charge on any atom is 0.408 e. The average Bonchev–Trinajstić information content (AvgIpc) is 3.58. The van der Waals surface area contributed by atoms with E-state index in [1.165, 1.54) is 30.2 Å². The van der Waals surface area contributed by atoms with E-state index in [1.54, 1.807) is 27.7 Å². The van der Waals surface area contributed by atoms with Crippen LogP contribution in [0.25, 0.3) is 11.0 Å². The van der Waals surface area contributed by atoms with Crippen LogP contribution in [0.2, 0.25) is 0 Å². The van der Waals surface area contributed by atoms with E-state index < -0.39 is 77.5 Å². The fourth-order valence-corrected chi connectivity index (χ4v) is 7.48. The summed E-state index contributed by atoms with van der Waals surface area (Å²) in [5, 5.41) is 2.70. The van der Waals surface area contributed by atoms with Gasteiger partial charge in [0.1, 0.15) is 30.3 Å². The molecule has 10 nitrogen and oxygen atoms in total. The van der Waals surface area contributed by atoms with Crippen molar-refractivity contribution in [3.63, 3.8) is 0 Å². The maximum atomic E-state index is 16.1. The lowest BCUT2D eigenvalue weighted by atomic mass is 9.85. The third kappa shape index (κ3) is 5.96. The third-order valence-electron chi connectivity index (χ3n) is 10.3. The zero-order chi connectivity index (χ0) is 34.1. The molecule has 14 heteroatoms. The molecule has 0 radical (unpaired) electrons. The first kappa shape index (κ1) is 33.2. The number of ether oxygens (including phenoxy) is 3. The molecule has 1 aromatic heterocycles. The number of alkyl halides is 4. The zero-order valence-corrected chi connectivity index (χ0v) is 27.0. The van der Waals surface area contributed by atoms with Gasteiger partial charge >= 0.3 is 17.9 Å².